The molecule has 0 aliphatic rings. The molecule has 6 heteroatoms. The van der Waals surface area contributed by atoms with Crippen LogP contribution in [0.25, 0.3) is 0 Å². The number of rotatable bonds is 67. The molecule has 0 aromatic rings. The standard InChI is InChI=1S/C76H138O6/c1-4-7-10-13-16-18-20-22-24-26-28-30-32-34-36-38-40-42-44-46-48-50-52-54-56-58-60-63-66-69-75(78)81-72-73(71-80-74(77)68-65-62-15-12-9-6-3)82-76(79)70-67-64-61-59-57-55-53-51-49-47-45-43-41-39-37-35-33-31-29-27-25-23-21-19-17-14-11-8-5-2/h7,10,16,18,22,24,28,30,34,36,73H,4-6,8-9,11-15,17,19-21,23,25-27,29,31-33,35,37-72H2,1-3H3/b10-7-,18-16-,24-22-,30-28-,36-34-. The molecule has 0 aromatic carbocycles. The topological polar surface area (TPSA) is 78.9 Å². The summed E-state index contributed by atoms with van der Waals surface area (Å²) in [6, 6.07) is 0. The molecule has 0 aromatic heterocycles. The van der Waals surface area contributed by atoms with Crippen LogP contribution in [0.2, 0.25) is 0 Å². The van der Waals surface area contributed by atoms with E-state index in [4.69, 9.17) is 14.2 Å². The van der Waals surface area contributed by atoms with Gasteiger partial charge in [-0.3, -0.25) is 14.4 Å². The fourth-order valence-corrected chi connectivity index (χ4v) is 10.9. The van der Waals surface area contributed by atoms with Crippen LogP contribution >= 0.6 is 0 Å². The summed E-state index contributed by atoms with van der Waals surface area (Å²) in [7, 11) is 0. The summed E-state index contributed by atoms with van der Waals surface area (Å²) in [4.78, 5) is 38.1. The Morgan fingerprint density at radius 3 is 0.744 bits per heavy atom. The van der Waals surface area contributed by atoms with Gasteiger partial charge in [-0.05, 0) is 64.2 Å². The van der Waals surface area contributed by atoms with E-state index in [9.17, 15) is 14.4 Å². The molecule has 0 fully saturated rings. The van der Waals surface area contributed by atoms with Crippen molar-refractivity contribution in [1.82, 2.24) is 0 Å². The van der Waals surface area contributed by atoms with Gasteiger partial charge in [0.05, 0.1) is 0 Å². The number of carbonyl (C=O) groups excluding carboxylic acids is 3. The number of esters is 3. The molecule has 6 nitrogen and oxygen atoms in total. The van der Waals surface area contributed by atoms with Crippen molar-refractivity contribution in [2.45, 2.75) is 393 Å². The average molecular weight is 1150 g/mol. The van der Waals surface area contributed by atoms with E-state index in [1.54, 1.807) is 0 Å². The minimum Gasteiger partial charge on any atom is -0.462 e. The third-order valence-electron chi connectivity index (χ3n) is 16.3. The van der Waals surface area contributed by atoms with Crippen LogP contribution in [-0.2, 0) is 28.6 Å². The Morgan fingerprint density at radius 2 is 0.476 bits per heavy atom. The second kappa shape index (κ2) is 70.6. The third kappa shape index (κ3) is 67.9. The Labute approximate surface area is 510 Å². The molecule has 0 heterocycles. The van der Waals surface area contributed by atoms with Gasteiger partial charge in [0.2, 0.25) is 0 Å². The van der Waals surface area contributed by atoms with Gasteiger partial charge < -0.3 is 14.2 Å². The Kier molecular flexibility index (Phi) is 68.1. The van der Waals surface area contributed by atoms with E-state index >= 15 is 0 Å². The predicted octanol–water partition coefficient (Wildman–Crippen LogP) is 25.1. The lowest BCUT2D eigenvalue weighted by Gasteiger charge is -2.18. The number of unbranched alkanes of at least 4 members (excludes halogenated alkanes) is 46. The summed E-state index contributed by atoms with van der Waals surface area (Å²) in [5.41, 5.74) is 0. The van der Waals surface area contributed by atoms with Crippen LogP contribution in [0.5, 0.6) is 0 Å². The van der Waals surface area contributed by atoms with Crippen molar-refractivity contribution in [2.24, 2.45) is 0 Å². The maximum Gasteiger partial charge on any atom is 0.306 e. The molecule has 0 amide bonds. The van der Waals surface area contributed by atoms with Gasteiger partial charge in [0.1, 0.15) is 13.2 Å². The van der Waals surface area contributed by atoms with Crippen LogP contribution in [0, 0.1) is 0 Å². The smallest absolute Gasteiger partial charge is 0.306 e. The van der Waals surface area contributed by atoms with E-state index in [2.05, 4.69) is 81.5 Å². The summed E-state index contributed by atoms with van der Waals surface area (Å²) in [5, 5.41) is 0. The maximum absolute atomic E-state index is 12.9. The molecule has 478 valence electrons. The SMILES string of the molecule is CC/C=C\C/C=C\C/C=C\C/C=C\C/C=C\CCCCCCCCCCCCCCCC(=O)OCC(COC(=O)CCCCCCCC)OC(=O)CCCCCCCCCCCCCCCCCCCCCCCCCCCCCCC. The number of allylic oxidation sites excluding steroid dienone is 10. The summed E-state index contributed by atoms with van der Waals surface area (Å²) >= 11 is 0. The van der Waals surface area contributed by atoms with Gasteiger partial charge in [-0.25, -0.2) is 0 Å². The summed E-state index contributed by atoms with van der Waals surface area (Å²) < 4.78 is 16.9. The van der Waals surface area contributed by atoms with Gasteiger partial charge in [-0.1, -0.05) is 364 Å². The van der Waals surface area contributed by atoms with Crippen molar-refractivity contribution < 1.29 is 28.6 Å². The van der Waals surface area contributed by atoms with Crippen LogP contribution in [0.1, 0.15) is 387 Å². The van der Waals surface area contributed by atoms with Gasteiger partial charge in [0, 0.05) is 19.3 Å². The zero-order chi connectivity index (χ0) is 59.2. The molecule has 82 heavy (non-hydrogen) atoms. The first kappa shape index (κ1) is 79.1. The number of hydrogen-bond donors (Lipinski definition) is 0. The lowest BCUT2D eigenvalue weighted by molar-refractivity contribution is -0.167. The van der Waals surface area contributed by atoms with E-state index in [0.29, 0.717) is 19.3 Å². The summed E-state index contributed by atoms with van der Waals surface area (Å²) in [5.74, 6) is -0.857. The lowest BCUT2D eigenvalue weighted by atomic mass is 10.0. The Bertz CT molecular complexity index is 1460. The van der Waals surface area contributed by atoms with E-state index in [1.165, 1.54) is 257 Å². The van der Waals surface area contributed by atoms with E-state index in [-0.39, 0.29) is 31.1 Å². The highest BCUT2D eigenvalue weighted by atomic mass is 16.6. The summed E-state index contributed by atoms with van der Waals surface area (Å²) in [6.45, 7) is 6.53. The first-order valence-electron chi connectivity index (χ1n) is 36.3. The predicted molar refractivity (Wildman–Crippen MR) is 358 cm³/mol. The van der Waals surface area contributed by atoms with Gasteiger partial charge >= 0.3 is 17.9 Å². The molecular formula is C76H138O6. The van der Waals surface area contributed by atoms with Crippen LogP contribution in [0.4, 0.5) is 0 Å². The molecule has 1 unspecified atom stereocenters. The summed E-state index contributed by atoms with van der Waals surface area (Å²) in [6.07, 6.45) is 91.6. The first-order valence-corrected chi connectivity index (χ1v) is 36.3. The molecule has 0 bridgehead atoms. The Morgan fingerprint density at radius 1 is 0.256 bits per heavy atom. The van der Waals surface area contributed by atoms with Crippen molar-refractivity contribution in [3.63, 3.8) is 0 Å². The molecular weight excluding hydrogens is 1010 g/mol. The van der Waals surface area contributed by atoms with Crippen LogP contribution in [0.3, 0.4) is 0 Å². The minimum absolute atomic E-state index is 0.0697. The number of hydrogen-bond acceptors (Lipinski definition) is 6. The molecule has 0 spiro atoms. The minimum atomic E-state index is -0.770. The van der Waals surface area contributed by atoms with Gasteiger partial charge in [-0.15, -0.1) is 0 Å². The van der Waals surface area contributed by atoms with Crippen molar-refractivity contribution in [2.75, 3.05) is 13.2 Å². The number of carbonyl (C=O) groups is 3. The van der Waals surface area contributed by atoms with Crippen molar-refractivity contribution in [3.05, 3.63) is 60.8 Å². The molecule has 0 radical (unpaired) electrons. The Balaban J connectivity index is 3.97. The third-order valence-corrected chi connectivity index (χ3v) is 16.3. The maximum atomic E-state index is 12.9. The van der Waals surface area contributed by atoms with E-state index in [0.717, 1.165) is 89.9 Å². The normalized spacial score (nSPS) is 12.4. The van der Waals surface area contributed by atoms with Crippen LogP contribution in [0.15, 0.2) is 60.8 Å². The average Bonchev–Trinajstić information content (AvgIpc) is 3.47. The zero-order valence-electron chi connectivity index (χ0n) is 55.0. The second-order valence-electron chi connectivity index (χ2n) is 24.5. The zero-order valence-corrected chi connectivity index (χ0v) is 55.0. The fourth-order valence-electron chi connectivity index (χ4n) is 10.9. The number of ether oxygens (including phenoxy) is 3. The second-order valence-corrected chi connectivity index (χ2v) is 24.5. The van der Waals surface area contributed by atoms with Crippen LogP contribution < -0.4 is 0 Å². The van der Waals surface area contributed by atoms with Gasteiger partial charge in [0.25, 0.3) is 0 Å². The molecule has 0 saturated carbocycles. The lowest BCUT2D eigenvalue weighted by Crippen LogP contribution is -2.30. The van der Waals surface area contributed by atoms with Gasteiger partial charge in [-0.2, -0.15) is 0 Å². The van der Waals surface area contributed by atoms with Crippen molar-refractivity contribution in [1.29, 1.82) is 0 Å². The highest BCUT2D eigenvalue weighted by Gasteiger charge is 2.19. The molecule has 1 atom stereocenters. The highest BCUT2D eigenvalue weighted by molar-refractivity contribution is 5.71. The molecule has 0 N–H and O–H groups in total. The molecule has 0 aliphatic carbocycles. The largest absolute Gasteiger partial charge is 0.462 e. The molecule has 0 rings (SSSR count). The van der Waals surface area contributed by atoms with Gasteiger partial charge in [0.15, 0.2) is 6.10 Å². The first-order chi connectivity index (χ1) is 40.5. The fraction of sp³-hybridized carbons (Fsp3) is 0.829. The Hall–Kier alpha value is -2.89. The molecule has 0 saturated heterocycles. The van der Waals surface area contributed by atoms with E-state index < -0.39 is 6.10 Å². The monoisotopic (exact) mass is 1150 g/mol. The van der Waals surface area contributed by atoms with Crippen LogP contribution in [-0.4, -0.2) is 37.2 Å². The quantitative estimate of drug-likeness (QED) is 0.0261. The van der Waals surface area contributed by atoms with Crippen molar-refractivity contribution in [3.8, 4) is 0 Å². The van der Waals surface area contributed by atoms with E-state index in [1.807, 2.05) is 0 Å². The molecule has 0 aliphatic heterocycles. The highest BCUT2D eigenvalue weighted by Crippen LogP contribution is 2.19. The van der Waals surface area contributed by atoms with Crippen molar-refractivity contribution >= 4 is 17.9 Å².